The Balaban J connectivity index is 1.64. The van der Waals surface area contributed by atoms with Crippen molar-refractivity contribution in [2.45, 2.75) is 45.2 Å². The number of hydrogen-bond donors (Lipinski definition) is 1. The maximum atomic E-state index is 12.8. The number of fused-ring (bicyclic) bond motifs is 3. The van der Waals surface area contributed by atoms with Gasteiger partial charge in [0.2, 0.25) is 5.91 Å². The van der Waals surface area contributed by atoms with Crippen molar-refractivity contribution in [3.63, 3.8) is 0 Å². The van der Waals surface area contributed by atoms with Gasteiger partial charge in [0.05, 0.1) is 11.0 Å². The molecule has 5 rings (SSSR count). The van der Waals surface area contributed by atoms with Crippen molar-refractivity contribution in [2.75, 3.05) is 0 Å². The maximum Gasteiger partial charge on any atom is 0.241 e. The second kappa shape index (κ2) is 7.32. The van der Waals surface area contributed by atoms with E-state index >= 15 is 0 Å². The zero-order chi connectivity index (χ0) is 19.8. The highest BCUT2D eigenvalue weighted by Gasteiger charge is 2.20. The zero-order valence-corrected chi connectivity index (χ0v) is 16.6. The summed E-state index contributed by atoms with van der Waals surface area (Å²) in [6, 6.07) is 16.6. The van der Waals surface area contributed by atoms with Crippen molar-refractivity contribution in [1.82, 2.24) is 20.1 Å². The molecule has 1 aliphatic carbocycles. The standard InChI is InChI=1S/C24H24N4O/c1-16-11-12-21-19(13-16)24-20(14-25-21)23(17-7-3-2-4-8-17)27-28(24)15-22(29)26-18-9-5-6-10-18/h2-4,7-8,11-14,18H,5-6,9-10,15H2,1H3,(H,26,29). The highest BCUT2D eigenvalue weighted by Crippen LogP contribution is 2.32. The Kier molecular flexibility index (Phi) is 4.51. The van der Waals surface area contributed by atoms with E-state index in [1.54, 1.807) is 0 Å². The van der Waals surface area contributed by atoms with E-state index in [1.165, 1.54) is 12.8 Å². The number of rotatable bonds is 4. The van der Waals surface area contributed by atoms with Gasteiger partial charge in [-0.2, -0.15) is 5.10 Å². The lowest BCUT2D eigenvalue weighted by Gasteiger charge is -2.12. The van der Waals surface area contributed by atoms with Crippen LogP contribution < -0.4 is 5.32 Å². The largest absolute Gasteiger partial charge is 0.352 e. The quantitative estimate of drug-likeness (QED) is 0.559. The SMILES string of the molecule is Cc1ccc2ncc3c(-c4ccccc4)nn(CC(=O)NC4CCCC4)c3c2c1. The van der Waals surface area contributed by atoms with Gasteiger partial charge in [-0.15, -0.1) is 0 Å². The van der Waals surface area contributed by atoms with E-state index in [2.05, 4.69) is 29.4 Å². The summed E-state index contributed by atoms with van der Waals surface area (Å²) in [6.45, 7) is 2.29. The third kappa shape index (κ3) is 3.37. The molecule has 5 heteroatoms. The van der Waals surface area contributed by atoms with E-state index in [0.29, 0.717) is 6.04 Å². The Hall–Kier alpha value is -3.21. The van der Waals surface area contributed by atoms with Crippen LogP contribution in [0.15, 0.2) is 54.7 Å². The lowest BCUT2D eigenvalue weighted by molar-refractivity contribution is -0.122. The molecule has 2 aromatic heterocycles. The van der Waals surface area contributed by atoms with Crippen LogP contribution >= 0.6 is 0 Å². The van der Waals surface area contributed by atoms with E-state index in [1.807, 2.05) is 47.3 Å². The molecule has 1 amide bonds. The Morgan fingerprint density at radius 1 is 1.10 bits per heavy atom. The first-order valence-electron chi connectivity index (χ1n) is 10.3. The number of aromatic nitrogens is 3. The van der Waals surface area contributed by atoms with Crippen LogP contribution in [-0.2, 0) is 11.3 Å². The van der Waals surface area contributed by atoms with E-state index in [9.17, 15) is 4.79 Å². The molecule has 4 aromatic rings. The minimum atomic E-state index is 0.0264. The van der Waals surface area contributed by atoms with Crippen molar-refractivity contribution in [1.29, 1.82) is 0 Å². The van der Waals surface area contributed by atoms with E-state index in [-0.39, 0.29) is 12.5 Å². The van der Waals surface area contributed by atoms with Crippen LogP contribution in [0.2, 0.25) is 0 Å². The summed E-state index contributed by atoms with van der Waals surface area (Å²) < 4.78 is 1.85. The molecule has 1 N–H and O–H groups in total. The second-order valence-electron chi connectivity index (χ2n) is 7.96. The maximum absolute atomic E-state index is 12.8. The van der Waals surface area contributed by atoms with Crippen LogP contribution in [0.5, 0.6) is 0 Å². The first kappa shape index (κ1) is 17.9. The normalized spacial score (nSPS) is 14.7. The van der Waals surface area contributed by atoms with Crippen LogP contribution in [0.1, 0.15) is 31.2 Å². The van der Waals surface area contributed by atoms with Crippen LogP contribution in [0.4, 0.5) is 0 Å². The fourth-order valence-electron chi connectivity index (χ4n) is 4.37. The summed E-state index contributed by atoms with van der Waals surface area (Å²) in [6.07, 6.45) is 6.43. The molecule has 0 unspecified atom stereocenters. The van der Waals surface area contributed by atoms with Crippen molar-refractivity contribution >= 4 is 27.7 Å². The fourth-order valence-corrected chi connectivity index (χ4v) is 4.37. The first-order valence-corrected chi connectivity index (χ1v) is 10.3. The lowest BCUT2D eigenvalue weighted by atomic mass is 10.1. The third-order valence-corrected chi connectivity index (χ3v) is 5.79. The van der Waals surface area contributed by atoms with E-state index in [0.717, 1.165) is 51.5 Å². The van der Waals surface area contributed by atoms with E-state index in [4.69, 9.17) is 5.10 Å². The van der Waals surface area contributed by atoms with Crippen molar-refractivity contribution in [3.8, 4) is 11.3 Å². The minimum absolute atomic E-state index is 0.0264. The summed E-state index contributed by atoms with van der Waals surface area (Å²) >= 11 is 0. The van der Waals surface area contributed by atoms with Gasteiger partial charge in [0.1, 0.15) is 12.2 Å². The number of pyridine rings is 1. The summed E-state index contributed by atoms with van der Waals surface area (Å²) in [5, 5.41) is 10.1. The minimum Gasteiger partial charge on any atom is -0.352 e. The number of aryl methyl sites for hydroxylation is 1. The number of benzene rings is 2. The van der Waals surface area contributed by atoms with Gasteiger partial charge in [0.25, 0.3) is 0 Å². The van der Waals surface area contributed by atoms with E-state index < -0.39 is 0 Å². The van der Waals surface area contributed by atoms with Gasteiger partial charge < -0.3 is 5.32 Å². The second-order valence-corrected chi connectivity index (χ2v) is 7.96. The predicted molar refractivity (Wildman–Crippen MR) is 116 cm³/mol. The van der Waals surface area contributed by atoms with Crippen molar-refractivity contribution < 1.29 is 4.79 Å². The molecule has 0 bridgehead atoms. The topological polar surface area (TPSA) is 59.8 Å². The monoisotopic (exact) mass is 384 g/mol. The number of carbonyl (C=O) groups excluding carboxylic acids is 1. The van der Waals surface area contributed by atoms with Gasteiger partial charge in [-0.05, 0) is 31.9 Å². The van der Waals surface area contributed by atoms with Crippen LogP contribution in [0, 0.1) is 6.92 Å². The Bertz CT molecular complexity index is 1190. The smallest absolute Gasteiger partial charge is 0.241 e. The highest BCUT2D eigenvalue weighted by molar-refractivity contribution is 6.08. The molecule has 1 aliphatic rings. The lowest BCUT2D eigenvalue weighted by Crippen LogP contribution is -2.35. The molecule has 29 heavy (non-hydrogen) atoms. The molecule has 0 spiro atoms. The van der Waals surface area contributed by atoms with Crippen LogP contribution in [-0.4, -0.2) is 26.7 Å². The van der Waals surface area contributed by atoms with Gasteiger partial charge >= 0.3 is 0 Å². The molecule has 1 fully saturated rings. The molecule has 0 radical (unpaired) electrons. The van der Waals surface area contributed by atoms with Crippen LogP contribution in [0.3, 0.4) is 0 Å². The molecule has 2 aromatic carbocycles. The zero-order valence-electron chi connectivity index (χ0n) is 16.6. The van der Waals surface area contributed by atoms with Gasteiger partial charge in [-0.25, -0.2) is 0 Å². The number of nitrogens with one attached hydrogen (secondary N) is 1. The summed E-state index contributed by atoms with van der Waals surface area (Å²) in [4.78, 5) is 17.4. The molecule has 1 saturated carbocycles. The average molecular weight is 384 g/mol. The third-order valence-electron chi connectivity index (χ3n) is 5.79. The fraction of sp³-hybridized carbons (Fsp3) is 0.292. The number of carbonyl (C=O) groups is 1. The number of hydrogen-bond acceptors (Lipinski definition) is 3. The summed E-state index contributed by atoms with van der Waals surface area (Å²) in [7, 11) is 0. The number of nitrogens with zero attached hydrogens (tertiary/aromatic N) is 3. The molecule has 146 valence electrons. The van der Waals surface area contributed by atoms with Crippen molar-refractivity contribution in [3.05, 3.63) is 60.3 Å². The number of amides is 1. The Morgan fingerprint density at radius 2 is 1.90 bits per heavy atom. The van der Waals surface area contributed by atoms with Gasteiger partial charge in [0.15, 0.2) is 0 Å². The van der Waals surface area contributed by atoms with Crippen molar-refractivity contribution in [2.24, 2.45) is 0 Å². The molecular weight excluding hydrogens is 360 g/mol. The highest BCUT2D eigenvalue weighted by atomic mass is 16.2. The van der Waals surface area contributed by atoms with Gasteiger partial charge in [0, 0.05) is 28.6 Å². The first-order chi connectivity index (χ1) is 14.2. The average Bonchev–Trinajstić information content (AvgIpc) is 3.36. The summed E-state index contributed by atoms with van der Waals surface area (Å²) in [5.74, 6) is 0.0264. The molecule has 5 nitrogen and oxygen atoms in total. The molecule has 0 saturated heterocycles. The predicted octanol–water partition coefficient (Wildman–Crippen LogP) is 4.62. The molecule has 0 aliphatic heterocycles. The van der Waals surface area contributed by atoms with Gasteiger partial charge in [-0.3, -0.25) is 14.5 Å². The van der Waals surface area contributed by atoms with Gasteiger partial charge in [-0.1, -0.05) is 54.8 Å². The summed E-state index contributed by atoms with van der Waals surface area (Å²) in [5.41, 5.74) is 4.95. The van der Waals surface area contributed by atoms with Crippen LogP contribution in [0.25, 0.3) is 33.1 Å². The molecule has 2 heterocycles. The molecular formula is C24H24N4O. The Labute approximate surface area is 169 Å². The Morgan fingerprint density at radius 3 is 2.69 bits per heavy atom. The molecule has 0 atom stereocenters.